The number of fused-ring (bicyclic) bond motifs is 3. The van der Waals surface area contributed by atoms with Gasteiger partial charge >= 0.3 is 12.1 Å². The van der Waals surface area contributed by atoms with Crippen molar-refractivity contribution in [1.29, 1.82) is 0 Å². The van der Waals surface area contributed by atoms with Gasteiger partial charge in [0.2, 0.25) is 0 Å². The van der Waals surface area contributed by atoms with Gasteiger partial charge in [-0.25, -0.2) is 4.79 Å². The number of aryl methyl sites for hydroxylation is 2. The van der Waals surface area contributed by atoms with Gasteiger partial charge < -0.3 is 9.40 Å². The van der Waals surface area contributed by atoms with Crippen LogP contribution in [-0.4, -0.2) is 27.3 Å². The molecule has 0 spiro atoms. The lowest BCUT2D eigenvalue weighted by Crippen LogP contribution is -2.12. The molecule has 0 aliphatic heterocycles. The fourth-order valence-electron chi connectivity index (χ4n) is 4.04. The summed E-state index contributed by atoms with van der Waals surface area (Å²) in [6.07, 6.45) is -5.41. The number of oxime groups is 1. The third-order valence-electron chi connectivity index (χ3n) is 5.62. The molecule has 0 amide bonds. The molecule has 0 atom stereocenters. The zero-order chi connectivity index (χ0) is 25.3. The van der Waals surface area contributed by atoms with E-state index < -0.39 is 23.5 Å². The van der Waals surface area contributed by atoms with Crippen molar-refractivity contribution >= 4 is 39.2 Å². The SMILES string of the molecule is CC(=O)O/N=C(/c1ccc2c(c1)c1cc([N+](=O)[O-])ccc1n2CCC(F)(F)F)c1ccccc1C. The number of alkyl halides is 3. The summed E-state index contributed by atoms with van der Waals surface area (Å²) in [5, 5.41) is 16.4. The Hall–Kier alpha value is -4.21. The number of halogens is 3. The third kappa shape index (κ3) is 5.01. The Kier molecular flexibility index (Phi) is 6.29. The van der Waals surface area contributed by atoms with E-state index in [1.165, 1.54) is 29.7 Å². The second-order valence-electron chi connectivity index (χ2n) is 8.04. The number of carbonyl (C=O) groups excluding carboxylic acids is 1. The van der Waals surface area contributed by atoms with Gasteiger partial charge in [0.25, 0.3) is 5.69 Å². The first-order valence-corrected chi connectivity index (χ1v) is 10.6. The molecule has 180 valence electrons. The normalized spacial score (nSPS) is 12.3. The minimum Gasteiger partial charge on any atom is -0.340 e. The van der Waals surface area contributed by atoms with Crippen LogP contribution in [-0.2, 0) is 16.2 Å². The first kappa shape index (κ1) is 23.9. The lowest BCUT2D eigenvalue weighted by molar-refractivity contribution is -0.384. The summed E-state index contributed by atoms with van der Waals surface area (Å²) < 4.78 is 40.5. The average molecular weight is 483 g/mol. The van der Waals surface area contributed by atoms with Crippen LogP contribution in [0.1, 0.15) is 30.0 Å². The highest BCUT2D eigenvalue weighted by Gasteiger charge is 2.28. The Bertz CT molecular complexity index is 1490. The van der Waals surface area contributed by atoms with Gasteiger partial charge in [-0.3, -0.25) is 10.1 Å². The van der Waals surface area contributed by atoms with Crippen molar-refractivity contribution in [1.82, 2.24) is 4.57 Å². The van der Waals surface area contributed by atoms with Crippen LogP contribution in [0, 0.1) is 17.0 Å². The van der Waals surface area contributed by atoms with Crippen molar-refractivity contribution in [2.75, 3.05) is 0 Å². The Morgan fingerprint density at radius 1 is 1.06 bits per heavy atom. The van der Waals surface area contributed by atoms with Gasteiger partial charge in [-0.1, -0.05) is 35.5 Å². The number of rotatable bonds is 6. The Morgan fingerprint density at radius 3 is 2.34 bits per heavy atom. The third-order valence-corrected chi connectivity index (χ3v) is 5.62. The van der Waals surface area contributed by atoms with Gasteiger partial charge in [-0.2, -0.15) is 13.2 Å². The van der Waals surface area contributed by atoms with Crippen molar-refractivity contribution in [3.05, 3.63) is 87.5 Å². The first-order chi connectivity index (χ1) is 16.5. The number of non-ortho nitro benzene ring substituents is 1. The quantitative estimate of drug-likeness (QED) is 0.140. The number of hydrogen-bond donors (Lipinski definition) is 0. The molecule has 0 bridgehead atoms. The average Bonchev–Trinajstić information content (AvgIpc) is 3.10. The molecule has 1 aromatic heterocycles. The maximum atomic E-state index is 13.0. The lowest BCUT2D eigenvalue weighted by Gasteiger charge is -2.11. The molecule has 0 fully saturated rings. The van der Waals surface area contributed by atoms with Crippen LogP contribution in [0.4, 0.5) is 18.9 Å². The van der Waals surface area contributed by atoms with Crippen LogP contribution >= 0.6 is 0 Å². The van der Waals surface area contributed by atoms with Crippen LogP contribution in [0.3, 0.4) is 0 Å². The zero-order valence-electron chi connectivity index (χ0n) is 18.8. The standard InChI is InChI=1S/C25H20F3N3O4/c1-15-5-3-4-6-19(15)24(29-35-16(2)32)17-7-9-22-20(13-17)21-14-18(31(33)34)8-10-23(21)30(22)12-11-25(26,27)28/h3-10,13-14H,11-12H2,1-2H3/b29-24-. The first-order valence-electron chi connectivity index (χ1n) is 10.6. The number of hydrogen-bond acceptors (Lipinski definition) is 5. The van der Waals surface area contributed by atoms with E-state index in [-0.39, 0.29) is 12.2 Å². The maximum Gasteiger partial charge on any atom is 0.390 e. The van der Waals surface area contributed by atoms with E-state index >= 15 is 0 Å². The largest absolute Gasteiger partial charge is 0.390 e. The molecule has 0 radical (unpaired) electrons. The molecule has 0 aliphatic rings. The summed E-state index contributed by atoms with van der Waals surface area (Å²) in [7, 11) is 0. The summed E-state index contributed by atoms with van der Waals surface area (Å²) in [6.45, 7) is 2.74. The zero-order valence-corrected chi connectivity index (χ0v) is 18.8. The summed E-state index contributed by atoms with van der Waals surface area (Å²) in [5.74, 6) is -0.614. The van der Waals surface area contributed by atoms with Crippen LogP contribution in [0.25, 0.3) is 21.8 Å². The molecule has 0 N–H and O–H groups in total. The summed E-state index contributed by atoms with van der Waals surface area (Å²) >= 11 is 0. The fourth-order valence-corrected chi connectivity index (χ4v) is 4.04. The molecule has 35 heavy (non-hydrogen) atoms. The van der Waals surface area contributed by atoms with Crippen molar-refractivity contribution in [2.24, 2.45) is 5.16 Å². The molecule has 0 saturated carbocycles. The molecule has 4 rings (SSSR count). The van der Waals surface area contributed by atoms with E-state index in [1.807, 2.05) is 19.1 Å². The van der Waals surface area contributed by atoms with E-state index in [1.54, 1.807) is 30.3 Å². The van der Waals surface area contributed by atoms with Gasteiger partial charge in [0.05, 0.1) is 11.3 Å². The number of nitrogens with zero attached hydrogens (tertiary/aromatic N) is 3. The molecular formula is C25H20F3N3O4. The van der Waals surface area contributed by atoms with Crippen molar-refractivity contribution in [2.45, 2.75) is 33.0 Å². The molecule has 0 unspecified atom stereocenters. The second kappa shape index (κ2) is 9.21. The molecule has 10 heteroatoms. The molecule has 0 aliphatic carbocycles. The minimum atomic E-state index is -4.36. The minimum absolute atomic E-state index is 0.175. The summed E-state index contributed by atoms with van der Waals surface area (Å²) in [5.41, 5.74) is 3.20. The Labute approximate surface area is 197 Å². The van der Waals surface area contributed by atoms with Gasteiger partial charge in [-0.15, -0.1) is 0 Å². The van der Waals surface area contributed by atoms with E-state index in [0.717, 1.165) is 5.56 Å². The molecule has 7 nitrogen and oxygen atoms in total. The predicted octanol–water partition coefficient (Wildman–Crippen LogP) is 6.28. The topological polar surface area (TPSA) is 86.7 Å². The van der Waals surface area contributed by atoms with Crippen molar-refractivity contribution in [3.63, 3.8) is 0 Å². The highest BCUT2D eigenvalue weighted by atomic mass is 19.4. The van der Waals surface area contributed by atoms with E-state index in [9.17, 15) is 28.1 Å². The lowest BCUT2D eigenvalue weighted by atomic mass is 9.97. The Morgan fingerprint density at radius 2 is 1.71 bits per heavy atom. The number of nitro benzene ring substituents is 1. The van der Waals surface area contributed by atoms with Crippen molar-refractivity contribution < 1.29 is 27.7 Å². The Balaban J connectivity index is 1.96. The van der Waals surface area contributed by atoms with Crippen LogP contribution < -0.4 is 0 Å². The van der Waals surface area contributed by atoms with Crippen LogP contribution in [0.5, 0.6) is 0 Å². The van der Waals surface area contributed by atoms with Crippen LogP contribution in [0.15, 0.2) is 65.8 Å². The number of carbonyl (C=O) groups is 1. The molecule has 1 heterocycles. The van der Waals surface area contributed by atoms with Gasteiger partial charge in [0.15, 0.2) is 0 Å². The van der Waals surface area contributed by atoms with E-state index in [2.05, 4.69) is 5.16 Å². The number of benzene rings is 3. The van der Waals surface area contributed by atoms with E-state index in [4.69, 9.17) is 4.84 Å². The number of nitro groups is 1. The molecule has 3 aromatic carbocycles. The summed E-state index contributed by atoms with van der Waals surface area (Å²) in [6, 6.07) is 16.4. The smallest absolute Gasteiger partial charge is 0.340 e. The highest BCUT2D eigenvalue weighted by molar-refractivity contribution is 6.17. The monoisotopic (exact) mass is 483 g/mol. The van der Waals surface area contributed by atoms with Crippen molar-refractivity contribution in [3.8, 4) is 0 Å². The summed E-state index contributed by atoms with van der Waals surface area (Å²) in [4.78, 5) is 27.2. The second-order valence-corrected chi connectivity index (χ2v) is 8.04. The van der Waals surface area contributed by atoms with Gasteiger partial charge in [0.1, 0.15) is 5.71 Å². The maximum absolute atomic E-state index is 13.0. The fraction of sp³-hybridized carbons (Fsp3) is 0.200. The molecule has 4 aromatic rings. The molecule has 0 saturated heterocycles. The van der Waals surface area contributed by atoms with E-state index in [0.29, 0.717) is 38.6 Å². The van der Waals surface area contributed by atoms with Gasteiger partial charge in [-0.05, 0) is 30.7 Å². The predicted molar refractivity (Wildman–Crippen MR) is 125 cm³/mol. The number of aromatic nitrogens is 1. The molecular weight excluding hydrogens is 463 g/mol. The highest BCUT2D eigenvalue weighted by Crippen LogP contribution is 2.34. The van der Waals surface area contributed by atoms with Crippen LogP contribution in [0.2, 0.25) is 0 Å². The van der Waals surface area contributed by atoms with Gasteiger partial charge in [0, 0.05) is 58.5 Å².